The average molecular weight is 311 g/mol. The molecular formula is C13H17N3O2S2. The van der Waals surface area contributed by atoms with E-state index in [0.29, 0.717) is 12.2 Å². The van der Waals surface area contributed by atoms with Crippen molar-refractivity contribution in [2.45, 2.75) is 37.6 Å². The molecule has 0 saturated carbocycles. The Kier molecular flexibility index (Phi) is 3.43. The largest absolute Gasteiger partial charge is 0.281 e. The third-order valence-corrected chi connectivity index (χ3v) is 6.82. The summed E-state index contributed by atoms with van der Waals surface area (Å²) in [4.78, 5) is 1.60. The van der Waals surface area contributed by atoms with E-state index in [4.69, 9.17) is 0 Å². The molecule has 108 valence electrons. The highest BCUT2D eigenvalue weighted by Gasteiger charge is 2.37. The molecule has 1 aliphatic heterocycles. The van der Waals surface area contributed by atoms with Gasteiger partial charge in [-0.3, -0.25) is 5.10 Å². The van der Waals surface area contributed by atoms with E-state index in [2.05, 4.69) is 16.3 Å². The van der Waals surface area contributed by atoms with Crippen LogP contribution in [0.15, 0.2) is 22.5 Å². The fraction of sp³-hybridized carbons (Fsp3) is 0.462. The summed E-state index contributed by atoms with van der Waals surface area (Å²) in [6.45, 7) is 4.31. The van der Waals surface area contributed by atoms with Crippen LogP contribution < -0.4 is 0 Å². The molecule has 1 atom stereocenters. The van der Waals surface area contributed by atoms with Crippen molar-refractivity contribution in [2.75, 3.05) is 6.54 Å². The summed E-state index contributed by atoms with van der Waals surface area (Å²) >= 11 is 1.72. The Morgan fingerprint density at radius 3 is 3.00 bits per heavy atom. The summed E-state index contributed by atoms with van der Waals surface area (Å²) in [5, 5.41) is 8.59. The van der Waals surface area contributed by atoms with Crippen LogP contribution in [-0.2, 0) is 16.4 Å². The molecule has 0 fully saturated rings. The highest BCUT2D eigenvalue weighted by atomic mass is 32.2. The van der Waals surface area contributed by atoms with E-state index >= 15 is 0 Å². The normalized spacial score (nSPS) is 20.0. The smallest absolute Gasteiger partial charge is 0.247 e. The summed E-state index contributed by atoms with van der Waals surface area (Å²) in [5.41, 5.74) is 1.75. The number of nitrogens with zero attached hydrogens (tertiary/aromatic N) is 2. The second-order valence-electron chi connectivity index (χ2n) is 4.95. The zero-order valence-electron chi connectivity index (χ0n) is 11.5. The lowest BCUT2D eigenvalue weighted by Gasteiger charge is -2.34. The standard InChI is InChI=1S/C13H17N3O2S2/c1-3-11-10-5-7-19-12(10)4-6-16(11)20(17,18)13-8-14-15-9(13)2/h5,7-8,11H,3-4,6H2,1-2H3,(H,14,15). The maximum Gasteiger partial charge on any atom is 0.247 e. The Hall–Kier alpha value is -1.18. The van der Waals surface area contributed by atoms with Gasteiger partial charge in [-0.2, -0.15) is 9.40 Å². The molecule has 3 rings (SSSR count). The number of fused-ring (bicyclic) bond motifs is 1. The Morgan fingerprint density at radius 1 is 1.55 bits per heavy atom. The van der Waals surface area contributed by atoms with Crippen molar-refractivity contribution in [3.05, 3.63) is 33.8 Å². The lowest BCUT2D eigenvalue weighted by atomic mass is 10.0. The van der Waals surface area contributed by atoms with Crippen molar-refractivity contribution in [2.24, 2.45) is 0 Å². The lowest BCUT2D eigenvalue weighted by molar-refractivity contribution is 0.303. The molecular weight excluding hydrogens is 294 g/mol. The van der Waals surface area contributed by atoms with Crippen LogP contribution in [0.1, 0.15) is 35.5 Å². The lowest BCUT2D eigenvalue weighted by Crippen LogP contribution is -2.39. The van der Waals surface area contributed by atoms with E-state index in [-0.39, 0.29) is 10.9 Å². The molecule has 7 heteroatoms. The molecule has 0 aromatic carbocycles. The minimum Gasteiger partial charge on any atom is -0.281 e. The van der Waals surface area contributed by atoms with Gasteiger partial charge < -0.3 is 0 Å². The molecule has 0 amide bonds. The van der Waals surface area contributed by atoms with Crippen molar-refractivity contribution in [3.8, 4) is 0 Å². The number of H-pyrrole nitrogens is 1. The molecule has 0 aliphatic carbocycles. The number of sulfonamides is 1. The van der Waals surface area contributed by atoms with Gasteiger partial charge in [-0.05, 0) is 36.8 Å². The molecule has 20 heavy (non-hydrogen) atoms. The number of nitrogens with one attached hydrogen (secondary N) is 1. The van der Waals surface area contributed by atoms with E-state index in [0.717, 1.165) is 18.4 Å². The van der Waals surface area contributed by atoms with Crippen molar-refractivity contribution >= 4 is 21.4 Å². The number of aromatic amines is 1. The van der Waals surface area contributed by atoms with Crippen LogP contribution in [-0.4, -0.2) is 29.5 Å². The zero-order valence-corrected chi connectivity index (χ0v) is 13.1. The molecule has 2 aromatic rings. The Labute approximate surface area is 122 Å². The van der Waals surface area contributed by atoms with Gasteiger partial charge in [0.05, 0.1) is 17.9 Å². The maximum absolute atomic E-state index is 12.8. The summed E-state index contributed by atoms with van der Waals surface area (Å²) < 4.78 is 27.3. The van der Waals surface area contributed by atoms with E-state index in [1.165, 1.54) is 11.1 Å². The minimum absolute atomic E-state index is 0.0655. The van der Waals surface area contributed by atoms with Gasteiger partial charge in [0.15, 0.2) is 0 Å². The molecule has 3 heterocycles. The molecule has 0 radical (unpaired) electrons. The third-order valence-electron chi connectivity index (χ3n) is 3.80. The Balaban J connectivity index is 2.05. The quantitative estimate of drug-likeness (QED) is 0.947. The maximum atomic E-state index is 12.8. The molecule has 0 spiro atoms. The van der Waals surface area contributed by atoms with Gasteiger partial charge in [0.1, 0.15) is 4.90 Å². The minimum atomic E-state index is -3.49. The first-order valence-corrected chi connectivity index (χ1v) is 8.95. The summed E-state index contributed by atoms with van der Waals surface area (Å²) in [6, 6.07) is 1.99. The number of aromatic nitrogens is 2. The molecule has 2 aromatic heterocycles. The highest BCUT2D eigenvalue weighted by Crippen LogP contribution is 2.38. The van der Waals surface area contributed by atoms with Gasteiger partial charge in [-0.15, -0.1) is 11.3 Å². The summed E-state index contributed by atoms with van der Waals surface area (Å²) in [7, 11) is -3.49. The van der Waals surface area contributed by atoms with E-state index in [9.17, 15) is 8.42 Å². The first-order chi connectivity index (χ1) is 9.55. The van der Waals surface area contributed by atoms with Crippen molar-refractivity contribution < 1.29 is 8.42 Å². The Bertz CT molecular complexity index is 718. The number of thiophene rings is 1. The Morgan fingerprint density at radius 2 is 2.35 bits per heavy atom. The fourth-order valence-electron chi connectivity index (χ4n) is 2.81. The average Bonchev–Trinajstić information content (AvgIpc) is 3.05. The van der Waals surface area contributed by atoms with Crippen molar-refractivity contribution in [3.63, 3.8) is 0 Å². The van der Waals surface area contributed by atoms with Gasteiger partial charge in [-0.25, -0.2) is 8.42 Å². The van der Waals surface area contributed by atoms with Gasteiger partial charge >= 0.3 is 0 Å². The van der Waals surface area contributed by atoms with E-state index in [1.54, 1.807) is 22.6 Å². The summed E-state index contributed by atoms with van der Waals surface area (Å²) in [6.07, 6.45) is 2.97. The third kappa shape index (κ3) is 2.01. The van der Waals surface area contributed by atoms with Crippen LogP contribution in [0.3, 0.4) is 0 Å². The number of hydrogen-bond acceptors (Lipinski definition) is 4. The van der Waals surface area contributed by atoms with Crippen LogP contribution in [0.5, 0.6) is 0 Å². The first kappa shape index (κ1) is 13.8. The number of aryl methyl sites for hydroxylation is 1. The van der Waals surface area contributed by atoms with Gasteiger partial charge in [0, 0.05) is 11.4 Å². The topological polar surface area (TPSA) is 66.1 Å². The first-order valence-electron chi connectivity index (χ1n) is 6.63. The van der Waals surface area contributed by atoms with E-state index < -0.39 is 10.0 Å². The van der Waals surface area contributed by atoms with Gasteiger partial charge in [0.25, 0.3) is 0 Å². The second-order valence-corrected chi connectivity index (χ2v) is 7.81. The second kappa shape index (κ2) is 4.98. The summed E-state index contributed by atoms with van der Waals surface area (Å²) in [5.74, 6) is 0. The fourth-order valence-corrected chi connectivity index (χ4v) is 5.54. The predicted molar refractivity (Wildman–Crippen MR) is 78.3 cm³/mol. The van der Waals surface area contributed by atoms with Crippen LogP contribution in [0, 0.1) is 6.92 Å². The molecule has 1 N–H and O–H groups in total. The molecule has 0 saturated heterocycles. The number of hydrogen-bond donors (Lipinski definition) is 1. The van der Waals surface area contributed by atoms with Crippen molar-refractivity contribution in [1.29, 1.82) is 0 Å². The zero-order chi connectivity index (χ0) is 14.3. The predicted octanol–water partition coefficient (Wildman–Crippen LogP) is 2.48. The van der Waals surface area contributed by atoms with Crippen LogP contribution >= 0.6 is 11.3 Å². The van der Waals surface area contributed by atoms with Crippen molar-refractivity contribution in [1.82, 2.24) is 14.5 Å². The molecule has 1 aliphatic rings. The molecule has 5 nitrogen and oxygen atoms in total. The van der Waals surface area contributed by atoms with Crippen LogP contribution in [0.2, 0.25) is 0 Å². The van der Waals surface area contributed by atoms with Crippen LogP contribution in [0.4, 0.5) is 0 Å². The van der Waals surface area contributed by atoms with Crippen LogP contribution in [0.25, 0.3) is 0 Å². The molecule has 0 bridgehead atoms. The SMILES string of the molecule is CCC1c2ccsc2CCN1S(=O)(=O)c1cn[nH]c1C. The monoisotopic (exact) mass is 311 g/mol. The van der Waals surface area contributed by atoms with E-state index in [1.807, 2.05) is 12.3 Å². The van der Waals surface area contributed by atoms with Gasteiger partial charge in [0.2, 0.25) is 10.0 Å². The highest BCUT2D eigenvalue weighted by molar-refractivity contribution is 7.89. The molecule has 1 unspecified atom stereocenters. The van der Waals surface area contributed by atoms with Gasteiger partial charge in [-0.1, -0.05) is 6.92 Å². The number of rotatable bonds is 3.